The van der Waals surface area contributed by atoms with Crippen molar-refractivity contribution in [3.63, 3.8) is 0 Å². The zero-order valence-electron chi connectivity index (χ0n) is 12.3. The number of carbonyl (C=O) groups is 2. The molecule has 1 rings (SSSR count). The number of primary amides is 1. The average molecular weight is 316 g/mol. The molecule has 0 saturated carbocycles. The summed E-state index contributed by atoms with van der Waals surface area (Å²) < 4.78 is 5.45. The number of likely N-dealkylation sites (N-methyl/N-ethyl adjacent to an activating group) is 2. The molecule has 1 aromatic rings. The van der Waals surface area contributed by atoms with Gasteiger partial charge >= 0.3 is 0 Å². The van der Waals surface area contributed by atoms with Gasteiger partial charge in [0.15, 0.2) is 0 Å². The summed E-state index contributed by atoms with van der Waals surface area (Å²) >= 11 is 0. The first kappa shape index (κ1) is 19.2. The first-order valence-electron chi connectivity index (χ1n) is 6.46. The van der Waals surface area contributed by atoms with Gasteiger partial charge in [-0.1, -0.05) is 6.07 Å². The van der Waals surface area contributed by atoms with E-state index in [0.717, 1.165) is 6.54 Å². The van der Waals surface area contributed by atoms with E-state index >= 15 is 0 Å². The van der Waals surface area contributed by atoms with Crippen molar-refractivity contribution in [2.45, 2.75) is 6.42 Å². The topological polar surface area (TPSA) is 84.7 Å². The highest BCUT2D eigenvalue weighted by Crippen LogP contribution is 2.13. The molecule has 0 aromatic heterocycles. The van der Waals surface area contributed by atoms with E-state index in [2.05, 4.69) is 5.32 Å². The highest BCUT2D eigenvalue weighted by atomic mass is 35.5. The first-order chi connectivity index (χ1) is 9.54. The number of halogens is 1. The normalized spacial score (nSPS) is 9.62. The number of nitrogens with one attached hydrogen (secondary N) is 1. The summed E-state index contributed by atoms with van der Waals surface area (Å²) in [6, 6.07) is 6.60. The summed E-state index contributed by atoms with van der Waals surface area (Å²) in [6.45, 7) is 1.68. The molecule has 0 aliphatic carbocycles. The monoisotopic (exact) mass is 315 g/mol. The fraction of sp³-hybridized carbons (Fsp3) is 0.429. The molecule has 0 heterocycles. The second kappa shape index (κ2) is 10.0. The van der Waals surface area contributed by atoms with Crippen molar-refractivity contribution in [2.24, 2.45) is 5.73 Å². The number of carbonyl (C=O) groups excluding carboxylic acids is 2. The number of hydrogen-bond donors (Lipinski definition) is 2. The van der Waals surface area contributed by atoms with Crippen LogP contribution in [0, 0.1) is 0 Å². The molecule has 0 spiro atoms. The summed E-state index contributed by atoms with van der Waals surface area (Å²) in [5, 5.41) is 2.98. The zero-order chi connectivity index (χ0) is 15.0. The van der Waals surface area contributed by atoms with Crippen molar-refractivity contribution in [3.05, 3.63) is 29.8 Å². The van der Waals surface area contributed by atoms with Crippen molar-refractivity contribution in [1.29, 1.82) is 0 Å². The number of hydrogen-bond acceptors (Lipinski definition) is 4. The number of ether oxygens (including phenoxy) is 1. The molecule has 2 amide bonds. The Morgan fingerprint density at radius 3 is 2.71 bits per heavy atom. The standard InChI is InChI=1S/C14H21N3O3.ClH/c1-16-7-8-17(2)13(18)6-9-20-12-5-3-4-11(10-12)14(15)19;/h3-5,10,16H,6-9H2,1-2H3,(H2,15,19);1H. The van der Waals surface area contributed by atoms with Crippen molar-refractivity contribution in [3.8, 4) is 5.75 Å². The van der Waals surface area contributed by atoms with E-state index in [9.17, 15) is 9.59 Å². The SMILES string of the molecule is CNCCN(C)C(=O)CCOc1cccc(C(N)=O)c1.Cl. The van der Waals surface area contributed by atoms with E-state index in [1.54, 1.807) is 36.2 Å². The molecule has 7 heteroatoms. The molecule has 6 nitrogen and oxygen atoms in total. The van der Waals surface area contributed by atoms with Crippen LogP contribution < -0.4 is 15.8 Å². The largest absolute Gasteiger partial charge is 0.493 e. The van der Waals surface area contributed by atoms with Crippen molar-refractivity contribution in [1.82, 2.24) is 10.2 Å². The first-order valence-corrected chi connectivity index (χ1v) is 6.46. The Kier molecular flexibility index (Phi) is 9.16. The van der Waals surface area contributed by atoms with Gasteiger partial charge in [-0.2, -0.15) is 0 Å². The summed E-state index contributed by atoms with van der Waals surface area (Å²) in [5.74, 6) is 0.0524. The third kappa shape index (κ3) is 6.97. The molecule has 118 valence electrons. The van der Waals surface area contributed by atoms with Gasteiger partial charge in [0.2, 0.25) is 11.8 Å². The Labute approximate surface area is 131 Å². The predicted molar refractivity (Wildman–Crippen MR) is 83.9 cm³/mol. The van der Waals surface area contributed by atoms with Crippen LogP contribution in [-0.4, -0.2) is 50.5 Å². The lowest BCUT2D eigenvalue weighted by molar-refractivity contribution is -0.130. The van der Waals surface area contributed by atoms with E-state index in [1.807, 2.05) is 7.05 Å². The van der Waals surface area contributed by atoms with Crippen molar-refractivity contribution < 1.29 is 14.3 Å². The van der Waals surface area contributed by atoms with E-state index in [-0.39, 0.29) is 24.9 Å². The predicted octanol–water partition coefficient (Wildman–Crippen LogP) is 0.654. The minimum atomic E-state index is -0.502. The zero-order valence-corrected chi connectivity index (χ0v) is 13.1. The molecule has 0 bridgehead atoms. The van der Waals surface area contributed by atoms with Crippen LogP contribution in [-0.2, 0) is 4.79 Å². The van der Waals surface area contributed by atoms with Crippen LogP contribution in [0.5, 0.6) is 5.75 Å². The van der Waals surface area contributed by atoms with Crippen LogP contribution in [0.25, 0.3) is 0 Å². The molecule has 0 saturated heterocycles. The summed E-state index contributed by atoms with van der Waals surface area (Å²) in [6.07, 6.45) is 0.293. The maximum atomic E-state index is 11.8. The maximum Gasteiger partial charge on any atom is 0.248 e. The second-order valence-electron chi connectivity index (χ2n) is 4.41. The lowest BCUT2D eigenvalue weighted by atomic mass is 10.2. The second-order valence-corrected chi connectivity index (χ2v) is 4.41. The van der Waals surface area contributed by atoms with Gasteiger partial charge in [0.25, 0.3) is 0 Å². The van der Waals surface area contributed by atoms with Crippen LogP contribution in [0.4, 0.5) is 0 Å². The number of rotatable bonds is 8. The maximum absolute atomic E-state index is 11.8. The Bertz CT molecular complexity index is 469. The third-order valence-corrected chi connectivity index (χ3v) is 2.83. The Balaban J connectivity index is 0.00000400. The van der Waals surface area contributed by atoms with Crippen molar-refractivity contribution in [2.75, 3.05) is 33.8 Å². The van der Waals surface area contributed by atoms with Gasteiger partial charge in [-0.3, -0.25) is 9.59 Å². The number of amides is 2. The number of nitrogens with two attached hydrogens (primary N) is 1. The lowest BCUT2D eigenvalue weighted by Crippen LogP contribution is -2.33. The summed E-state index contributed by atoms with van der Waals surface area (Å²) in [7, 11) is 3.60. The molecule has 0 unspecified atom stereocenters. The number of benzene rings is 1. The van der Waals surface area contributed by atoms with Gasteiger partial charge in [0, 0.05) is 25.7 Å². The molecular formula is C14H22ClN3O3. The average Bonchev–Trinajstić information content (AvgIpc) is 2.44. The Hall–Kier alpha value is -1.79. The molecule has 3 N–H and O–H groups in total. The highest BCUT2D eigenvalue weighted by Gasteiger charge is 2.08. The quantitative estimate of drug-likeness (QED) is 0.738. The van der Waals surface area contributed by atoms with Crippen LogP contribution in [0.3, 0.4) is 0 Å². The van der Waals surface area contributed by atoms with E-state index in [0.29, 0.717) is 24.3 Å². The highest BCUT2D eigenvalue weighted by molar-refractivity contribution is 5.93. The van der Waals surface area contributed by atoms with Gasteiger partial charge in [0.05, 0.1) is 13.0 Å². The van der Waals surface area contributed by atoms with Gasteiger partial charge in [-0.05, 0) is 25.2 Å². The molecule has 0 radical (unpaired) electrons. The van der Waals surface area contributed by atoms with Crippen LogP contribution in [0.1, 0.15) is 16.8 Å². The fourth-order valence-corrected chi connectivity index (χ4v) is 1.59. The number of nitrogens with zero attached hydrogens (tertiary/aromatic N) is 1. The molecule has 0 aliphatic rings. The fourth-order valence-electron chi connectivity index (χ4n) is 1.59. The minimum absolute atomic E-state index is 0. The van der Waals surface area contributed by atoms with Crippen LogP contribution in [0.15, 0.2) is 24.3 Å². The van der Waals surface area contributed by atoms with E-state index in [4.69, 9.17) is 10.5 Å². The molecule has 0 fully saturated rings. The van der Waals surface area contributed by atoms with E-state index < -0.39 is 5.91 Å². The third-order valence-electron chi connectivity index (χ3n) is 2.83. The Morgan fingerprint density at radius 2 is 2.10 bits per heavy atom. The van der Waals surface area contributed by atoms with Gasteiger partial charge in [-0.15, -0.1) is 12.4 Å². The van der Waals surface area contributed by atoms with Gasteiger partial charge < -0.3 is 20.7 Å². The van der Waals surface area contributed by atoms with Gasteiger partial charge in [0.1, 0.15) is 5.75 Å². The summed E-state index contributed by atoms with van der Waals surface area (Å²) in [4.78, 5) is 24.4. The van der Waals surface area contributed by atoms with E-state index in [1.165, 1.54) is 0 Å². The molecule has 0 aliphatic heterocycles. The lowest BCUT2D eigenvalue weighted by Gasteiger charge is -2.17. The molecular weight excluding hydrogens is 294 g/mol. The van der Waals surface area contributed by atoms with Gasteiger partial charge in [-0.25, -0.2) is 0 Å². The molecule has 0 atom stereocenters. The molecule has 21 heavy (non-hydrogen) atoms. The smallest absolute Gasteiger partial charge is 0.248 e. The Morgan fingerprint density at radius 1 is 1.38 bits per heavy atom. The molecule has 1 aromatic carbocycles. The van der Waals surface area contributed by atoms with Crippen molar-refractivity contribution >= 4 is 24.2 Å². The van der Waals surface area contributed by atoms with Crippen LogP contribution in [0.2, 0.25) is 0 Å². The minimum Gasteiger partial charge on any atom is -0.493 e. The summed E-state index contributed by atoms with van der Waals surface area (Å²) in [5.41, 5.74) is 5.57. The van der Waals surface area contributed by atoms with Crippen LogP contribution >= 0.6 is 12.4 Å².